The number of aryl methyl sites for hydroxylation is 1. The quantitative estimate of drug-likeness (QED) is 0.471. The summed E-state index contributed by atoms with van der Waals surface area (Å²) in [4.78, 5) is 0. The predicted molar refractivity (Wildman–Crippen MR) is 122 cm³/mol. The number of benzene rings is 2. The molecule has 1 aromatic heterocycles. The van der Waals surface area contributed by atoms with Gasteiger partial charge in [-0.15, -0.1) is 11.6 Å². The summed E-state index contributed by atoms with van der Waals surface area (Å²) in [7, 11) is -1.82. The van der Waals surface area contributed by atoms with Gasteiger partial charge in [0.15, 0.2) is 0 Å². The molecule has 3 aromatic rings. The van der Waals surface area contributed by atoms with Crippen LogP contribution >= 0.6 is 11.6 Å². The van der Waals surface area contributed by atoms with Crippen molar-refractivity contribution in [3.05, 3.63) is 48.0 Å². The van der Waals surface area contributed by atoms with Crippen LogP contribution in [-0.2, 0) is 16.6 Å². The van der Waals surface area contributed by atoms with Crippen LogP contribution in [0.1, 0.15) is 25.3 Å². The summed E-state index contributed by atoms with van der Waals surface area (Å²) in [5.74, 6) is 1.00. The van der Waals surface area contributed by atoms with Gasteiger partial charge >= 0.3 is 0 Å². The largest absolute Gasteiger partial charge is 0.497 e. The molecule has 0 amide bonds. The number of alkyl halides is 1. The Kier molecular flexibility index (Phi) is 6.91. The number of methoxy groups -OCH3 is 1. The van der Waals surface area contributed by atoms with Crippen molar-refractivity contribution in [1.29, 1.82) is 5.26 Å². The Hall–Kier alpha value is -2.69. The third-order valence-corrected chi connectivity index (χ3v) is 6.45. The zero-order valence-electron chi connectivity index (χ0n) is 17.0. The predicted octanol–water partition coefficient (Wildman–Crippen LogP) is 4.97. The van der Waals surface area contributed by atoms with Crippen molar-refractivity contribution in [3.63, 3.8) is 0 Å². The molecule has 8 heteroatoms. The van der Waals surface area contributed by atoms with Crippen molar-refractivity contribution in [3.8, 4) is 23.1 Å². The highest BCUT2D eigenvalue weighted by molar-refractivity contribution is 7.92. The van der Waals surface area contributed by atoms with Gasteiger partial charge < -0.3 is 9.30 Å². The second-order valence-electron chi connectivity index (χ2n) is 6.91. The molecule has 2 aromatic carbocycles. The molecule has 0 aliphatic rings. The molecule has 1 heterocycles. The average Bonchev–Trinajstić information content (AvgIpc) is 3.05. The zero-order chi connectivity index (χ0) is 21.7. The highest BCUT2D eigenvalue weighted by atomic mass is 35.5. The molecule has 30 heavy (non-hydrogen) atoms. The van der Waals surface area contributed by atoms with Crippen molar-refractivity contribution in [1.82, 2.24) is 4.57 Å². The van der Waals surface area contributed by atoms with Crippen LogP contribution in [0.25, 0.3) is 22.2 Å². The van der Waals surface area contributed by atoms with Crippen LogP contribution in [0.5, 0.6) is 5.75 Å². The first-order valence-electron chi connectivity index (χ1n) is 9.71. The number of fused-ring (bicyclic) bond motifs is 1. The molecule has 0 bridgehead atoms. The number of aromatic nitrogens is 1. The van der Waals surface area contributed by atoms with E-state index in [1.165, 1.54) is 0 Å². The lowest BCUT2D eigenvalue weighted by atomic mass is 10.1. The van der Waals surface area contributed by atoms with Gasteiger partial charge in [-0.1, -0.05) is 19.1 Å². The second kappa shape index (κ2) is 9.41. The second-order valence-corrected chi connectivity index (χ2v) is 9.13. The maximum atomic E-state index is 12.1. The van der Waals surface area contributed by atoms with Gasteiger partial charge in [0.25, 0.3) is 0 Å². The number of hydrogen-bond acceptors (Lipinski definition) is 4. The molecule has 3 rings (SSSR count). The summed E-state index contributed by atoms with van der Waals surface area (Å²) in [5.41, 5.74) is 3.68. The molecular formula is C22H24ClN3O3S. The molecule has 0 saturated carbocycles. The van der Waals surface area contributed by atoms with Crippen molar-refractivity contribution in [2.24, 2.45) is 0 Å². The van der Waals surface area contributed by atoms with E-state index in [9.17, 15) is 13.7 Å². The van der Waals surface area contributed by atoms with E-state index < -0.39 is 10.0 Å². The standard InChI is InChI=1S/C22H24ClN3O3S/c1-3-12-26-21-14-18(29-2)9-10-19(21)20(15-24)22(26)16-5-7-17(8-6-16)25-30(27,28)13-4-11-23/h5-10,14,25H,3-4,11-13H2,1-2H3. The van der Waals surface area contributed by atoms with Gasteiger partial charge in [0, 0.05) is 29.6 Å². The Bertz CT molecular complexity index is 1180. The number of hydrogen-bond donors (Lipinski definition) is 1. The summed E-state index contributed by atoms with van der Waals surface area (Å²) >= 11 is 5.59. The van der Waals surface area contributed by atoms with E-state index in [2.05, 4.69) is 22.3 Å². The third kappa shape index (κ3) is 4.55. The highest BCUT2D eigenvalue weighted by Crippen LogP contribution is 2.36. The van der Waals surface area contributed by atoms with E-state index in [0.29, 0.717) is 23.6 Å². The van der Waals surface area contributed by atoms with Crippen LogP contribution in [0, 0.1) is 11.3 Å². The van der Waals surface area contributed by atoms with Gasteiger partial charge in [-0.05, 0) is 42.7 Å². The first-order valence-corrected chi connectivity index (χ1v) is 11.9. The average molecular weight is 446 g/mol. The minimum atomic E-state index is -3.44. The van der Waals surface area contributed by atoms with Crippen LogP contribution < -0.4 is 9.46 Å². The number of nitriles is 1. The number of nitrogens with zero attached hydrogens (tertiary/aromatic N) is 2. The number of halogens is 1. The Morgan fingerprint density at radius 3 is 2.53 bits per heavy atom. The summed E-state index contributed by atoms with van der Waals surface area (Å²) in [5, 5.41) is 10.7. The van der Waals surface area contributed by atoms with E-state index >= 15 is 0 Å². The highest BCUT2D eigenvalue weighted by Gasteiger charge is 2.19. The summed E-state index contributed by atoms with van der Waals surface area (Å²) in [6.45, 7) is 2.83. The van der Waals surface area contributed by atoms with E-state index in [1.54, 1.807) is 19.2 Å². The third-order valence-electron chi connectivity index (χ3n) is 4.81. The zero-order valence-corrected chi connectivity index (χ0v) is 18.6. The molecular weight excluding hydrogens is 422 g/mol. The van der Waals surface area contributed by atoms with E-state index in [4.69, 9.17) is 16.3 Å². The van der Waals surface area contributed by atoms with Gasteiger partial charge in [0.2, 0.25) is 10.0 Å². The SMILES string of the molecule is CCCn1c(-c2ccc(NS(=O)(=O)CCCCl)cc2)c(C#N)c2ccc(OC)cc21. The topological polar surface area (TPSA) is 84.1 Å². The minimum Gasteiger partial charge on any atom is -0.497 e. The molecule has 158 valence electrons. The smallest absolute Gasteiger partial charge is 0.232 e. The lowest BCUT2D eigenvalue weighted by molar-refractivity contribution is 0.415. The fourth-order valence-corrected chi connectivity index (χ4v) is 4.91. The van der Waals surface area contributed by atoms with Gasteiger partial charge in [0.1, 0.15) is 11.8 Å². The first-order chi connectivity index (χ1) is 14.4. The van der Waals surface area contributed by atoms with Gasteiger partial charge in [0.05, 0.1) is 29.6 Å². The fourth-order valence-electron chi connectivity index (χ4n) is 3.50. The van der Waals surface area contributed by atoms with Crippen molar-refractivity contribution < 1.29 is 13.2 Å². The number of sulfonamides is 1. The van der Waals surface area contributed by atoms with Crippen LogP contribution in [0.3, 0.4) is 0 Å². The molecule has 0 atom stereocenters. The Morgan fingerprint density at radius 1 is 1.20 bits per heavy atom. The normalized spacial score (nSPS) is 11.4. The van der Waals surface area contributed by atoms with Crippen LogP contribution in [-0.4, -0.2) is 31.7 Å². The Morgan fingerprint density at radius 2 is 1.93 bits per heavy atom. The number of anilines is 1. The molecule has 0 fully saturated rings. The van der Waals surface area contributed by atoms with Gasteiger partial charge in [-0.25, -0.2) is 8.42 Å². The molecule has 0 aliphatic carbocycles. The van der Waals surface area contributed by atoms with E-state index in [1.807, 2.05) is 30.3 Å². The maximum Gasteiger partial charge on any atom is 0.232 e. The van der Waals surface area contributed by atoms with Crippen molar-refractivity contribution in [2.75, 3.05) is 23.5 Å². The fraction of sp³-hybridized carbons (Fsp3) is 0.318. The maximum absolute atomic E-state index is 12.1. The first kappa shape index (κ1) is 22.0. The van der Waals surface area contributed by atoms with Crippen molar-refractivity contribution in [2.45, 2.75) is 26.3 Å². The summed E-state index contributed by atoms with van der Waals surface area (Å²) in [6.07, 6.45) is 1.29. The molecule has 0 saturated heterocycles. The monoisotopic (exact) mass is 445 g/mol. The minimum absolute atomic E-state index is 0.0244. The number of rotatable bonds is 9. The number of ether oxygens (including phenoxy) is 1. The van der Waals surface area contributed by atoms with E-state index in [0.717, 1.165) is 40.9 Å². The van der Waals surface area contributed by atoms with Gasteiger partial charge in [-0.3, -0.25) is 4.72 Å². The van der Waals surface area contributed by atoms with E-state index in [-0.39, 0.29) is 5.75 Å². The van der Waals surface area contributed by atoms with Crippen LogP contribution in [0.4, 0.5) is 5.69 Å². The molecule has 0 radical (unpaired) electrons. The van der Waals surface area contributed by atoms with Gasteiger partial charge in [-0.2, -0.15) is 5.26 Å². The molecule has 6 nitrogen and oxygen atoms in total. The molecule has 1 N–H and O–H groups in total. The Labute approximate surface area is 182 Å². The lowest BCUT2D eigenvalue weighted by Gasteiger charge is -2.12. The summed E-state index contributed by atoms with van der Waals surface area (Å²) < 4.78 is 34.3. The summed E-state index contributed by atoms with van der Waals surface area (Å²) in [6, 6.07) is 15.1. The van der Waals surface area contributed by atoms with Crippen LogP contribution in [0.15, 0.2) is 42.5 Å². The van der Waals surface area contributed by atoms with Crippen LogP contribution in [0.2, 0.25) is 0 Å². The Balaban J connectivity index is 2.06. The van der Waals surface area contributed by atoms with Crippen molar-refractivity contribution >= 4 is 38.2 Å². The molecule has 0 aliphatic heterocycles. The molecule has 0 spiro atoms. The molecule has 0 unspecified atom stereocenters. The lowest BCUT2D eigenvalue weighted by Crippen LogP contribution is -2.16. The number of nitrogens with one attached hydrogen (secondary N) is 1.